The largest absolute Gasteiger partial charge is 0.489 e. The fraction of sp³-hybridized carbons (Fsp3) is 0.368. The van der Waals surface area contributed by atoms with Gasteiger partial charge in [-0.2, -0.15) is 0 Å². The zero-order chi connectivity index (χ0) is 18.7. The number of nitrogens with zero attached hydrogens (tertiary/aromatic N) is 1. The minimum Gasteiger partial charge on any atom is -0.489 e. The molecular formula is C19H23ClN4O2. The van der Waals surface area contributed by atoms with Crippen molar-refractivity contribution in [3.05, 3.63) is 40.5 Å². The fourth-order valence-electron chi connectivity index (χ4n) is 3.12. The van der Waals surface area contributed by atoms with Gasteiger partial charge in [-0.15, -0.1) is 0 Å². The Morgan fingerprint density at radius 1 is 1.35 bits per heavy atom. The molecule has 0 atom stereocenters. The maximum atomic E-state index is 12.1. The van der Waals surface area contributed by atoms with E-state index in [0.717, 1.165) is 48.4 Å². The molecule has 1 aliphatic heterocycles. The molecule has 1 aromatic carbocycles. The SMILES string of the molecule is CNC(=O)c1cc(-c2cc(Cl)cc(C)c2OC2CCNCC2)cnc1N. The zero-order valence-corrected chi connectivity index (χ0v) is 15.7. The van der Waals surface area contributed by atoms with E-state index in [9.17, 15) is 4.79 Å². The number of aromatic nitrogens is 1. The molecule has 0 spiro atoms. The van der Waals surface area contributed by atoms with Crippen molar-refractivity contribution in [3.8, 4) is 16.9 Å². The summed E-state index contributed by atoms with van der Waals surface area (Å²) in [5.74, 6) is 0.680. The third-order valence-electron chi connectivity index (χ3n) is 4.51. The summed E-state index contributed by atoms with van der Waals surface area (Å²) in [5, 5.41) is 6.52. The van der Waals surface area contributed by atoms with Gasteiger partial charge >= 0.3 is 0 Å². The van der Waals surface area contributed by atoms with Gasteiger partial charge in [-0.3, -0.25) is 4.79 Å². The lowest BCUT2D eigenvalue weighted by molar-refractivity contribution is 0.0963. The Labute approximate surface area is 158 Å². The van der Waals surface area contributed by atoms with Gasteiger partial charge in [0.1, 0.15) is 17.7 Å². The van der Waals surface area contributed by atoms with E-state index in [0.29, 0.717) is 10.6 Å². The number of anilines is 1. The number of rotatable bonds is 4. The molecule has 2 heterocycles. The molecule has 0 saturated carbocycles. The Hall–Kier alpha value is -2.31. The van der Waals surface area contributed by atoms with Crippen LogP contribution in [0.5, 0.6) is 5.75 Å². The number of benzene rings is 1. The number of hydrogen-bond acceptors (Lipinski definition) is 5. The zero-order valence-electron chi connectivity index (χ0n) is 14.9. The Bertz CT molecular complexity index is 819. The number of nitrogens with two attached hydrogens (primary N) is 1. The van der Waals surface area contributed by atoms with Gasteiger partial charge in [-0.25, -0.2) is 4.98 Å². The Morgan fingerprint density at radius 2 is 2.08 bits per heavy atom. The molecule has 0 bridgehead atoms. The molecule has 2 aromatic rings. The van der Waals surface area contributed by atoms with Crippen molar-refractivity contribution in [1.82, 2.24) is 15.6 Å². The van der Waals surface area contributed by atoms with Gasteiger partial charge in [-0.1, -0.05) is 11.6 Å². The lowest BCUT2D eigenvalue weighted by Gasteiger charge is -2.26. The van der Waals surface area contributed by atoms with Crippen LogP contribution in [0.3, 0.4) is 0 Å². The molecule has 1 fully saturated rings. The topological polar surface area (TPSA) is 89.3 Å². The summed E-state index contributed by atoms with van der Waals surface area (Å²) in [6.45, 7) is 3.85. The normalized spacial score (nSPS) is 14.9. The van der Waals surface area contributed by atoms with Crippen molar-refractivity contribution in [3.63, 3.8) is 0 Å². The number of nitrogen functional groups attached to an aromatic ring is 1. The number of halogens is 1. The standard InChI is InChI=1S/C19H23ClN4O2/c1-11-7-13(20)9-15(17(11)26-14-3-5-23-6-4-14)12-8-16(19(25)22-2)18(21)24-10-12/h7-10,14,23H,3-6H2,1-2H3,(H2,21,24)(H,22,25). The maximum Gasteiger partial charge on any atom is 0.254 e. The van der Waals surface area contributed by atoms with Crippen molar-refractivity contribution in [2.24, 2.45) is 0 Å². The molecule has 0 unspecified atom stereocenters. The number of carbonyl (C=O) groups is 1. The molecule has 1 saturated heterocycles. The highest BCUT2D eigenvalue weighted by Crippen LogP contribution is 2.37. The van der Waals surface area contributed by atoms with Crippen molar-refractivity contribution in [2.45, 2.75) is 25.9 Å². The van der Waals surface area contributed by atoms with E-state index < -0.39 is 0 Å². The predicted molar refractivity (Wildman–Crippen MR) is 104 cm³/mol. The van der Waals surface area contributed by atoms with E-state index in [1.54, 1.807) is 19.3 Å². The molecule has 0 radical (unpaired) electrons. The van der Waals surface area contributed by atoms with Gasteiger partial charge < -0.3 is 21.1 Å². The van der Waals surface area contributed by atoms with Gasteiger partial charge in [0.2, 0.25) is 0 Å². The van der Waals surface area contributed by atoms with Crippen LogP contribution in [0.4, 0.5) is 5.82 Å². The quantitative estimate of drug-likeness (QED) is 0.765. The lowest BCUT2D eigenvalue weighted by atomic mass is 10.0. The number of piperidine rings is 1. The summed E-state index contributed by atoms with van der Waals surface area (Å²) in [6, 6.07) is 5.44. The number of pyridine rings is 1. The highest BCUT2D eigenvalue weighted by atomic mass is 35.5. The maximum absolute atomic E-state index is 12.1. The highest BCUT2D eigenvalue weighted by Gasteiger charge is 2.20. The molecule has 0 aliphatic carbocycles. The minimum atomic E-state index is -0.281. The molecule has 26 heavy (non-hydrogen) atoms. The molecule has 3 rings (SSSR count). The summed E-state index contributed by atoms with van der Waals surface area (Å²) >= 11 is 6.29. The number of amides is 1. The second kappa shape index (κ2) is 7.93. The first kappa shape index (κ1) is 18.5. The molecular weight excluding hydrogens is 352 g/mol. The molecule has 1 aliphatic rings. The van der Waals surface area contributed by atoms with Crippen LogP contribution in [0.25, 0.3) is 11.1 Å². The van der Waals surface area contributed by atoms with E-state index in [1.807, 2.05) is 19.1 Å². The molecule has 7 heteroatoms. The number of aryl methyl sites for hydroxylation is 1. The Balaban J connectivity index is 2.05. The Kier molecular flexibility index (Phi) is 5.64. The molecule has 138 valence electrons. The van der Waals surface area contributed by atoms with Crippen molar-refractivity contribution >= 4 is 23.3 Å². The van der Waals surface area contributed by atoms with E-state index in [1.165, 1.54) is 0 Å². The van der Waals surface area contributed by atoms with Gasteiger partial charge in [0.25, 0.3) is 5.91 Å². The van der Waals surface area contributed by atoms with Crippen LogP contribution in [-0.2, 0) is 0 Å². The summed E-state index contributed by atoms with van der Waals surface area (Å²) in [4.78, 5) is 16.2. The first-order valence-corrected chi connectivity index (χ1v) is 9.03. The third-order valence-corrected chi connectivity index (χ3v) is 4.73. The highest BCUT2D eigenvalue weighted by molar-refractivity contribution is 6.31. The monoisotopic (exact) mass is 374 g/mol. The van der Waals surface area contributed by atoms with Crippen LogP contribution >= 0.6 is 11.6 Å². The smallest absolute Gasteiger partial charge is 0.254 e. The number of hydrogen-bond donors (Lipinski definition) is 3. The summed E-state index contributed by atoms with van der Waals surface area (Å²) in [7, 11) is 1.56. The van der Waals surface area contributed by atoms with Crippen molar-refractivity contribution in [1.29, 1.82) is 0 Å². The van der Waals surface area contributed by atoms with Gasteiger partial charge in [0.05, 0.1) is 5.56 Å². The molecule has 6 nitrogen and oxygen atoms in total. The average Bonchev–Trinajstić information content (AvgIpc) is 2.64. The summed E-state index contributed by atoms with van der Waals surface area (Å²) in [5.41, 5.74) is 8.69. The van der Waals surface area contributed by atoms with E-state index >= 15 is 0 Å². The van der Waals surface area contributed by atoms with E-state index in [2.05, 4.69) is 15.6 Å². The van der Waals surface area contributed by atoms with Crippen LogP contribution in [0, 0.1) is 6.92 Å². The van der Waals surface area contributed by atoms with Crippen molar-refractivity contribution in [2.75, 3.05) is 25.9 Å². The van der Waals surface area contributed by atoms with E-state index in [-0.39, 0.29) is 17.8 Å². The lowest BCUT2D eigenvalue weighted by Crippen LogP contribution is -2.34. The molecule has 4 N–H and O–H groups in total. The van der Waals surface area contributed by atoms with Crippen LogP contribution in [0.15, 0.2) is 24.4 Å². The summed E-state index contributed by atoms with van der Waals surface area (Å²) < 4.78 is 6.33. The van der Waals surface area contributed by atoms with Crippen LogP contribution < -0.4 is 21.1 Å². The minimum absolute atomic E-state index is 0.148. The second-order valence-electron chi connectivity index (χ2n) is 6.40. The first-order valence-electron chi connectivity index (χ1n) is 8.65. The molecule has 1 amide bonds. The second-order valence-corrected chi connectivity index (χ2v) is 6.84. The number of nitrogens with one attached hydrogen (secondary N) is 2. The Morgan fingerprint density at radius 3 is 2.77 bits per heavy atom. The first-order chi connectivity index (χ1) is 12.5. The average molecular weight is 375 g/mol. The van der Waals surface area contributed by atoms with Gasteiger partial charge in [0.15, 0.2) is 0 Å². The molecule has 1 aromatic heterocycles. The number of ether oxygens (including phenoxy) is 1. The predicted octanol–water partition coefficient (Wildman–Crippen LogP) is 2.78. The van der Waals surface area contributed by atoms with Crippen molar-refractivity contribution < 1.29 is 9.53 Å². The summed E-state index contributed by atoms with van der Waals surface area (Å²) in [6.07, 6.45) is 3.69. The van der Waals surface area contributed by atoms with Crippen LogP contribution in [-0.4, -0.2) is 37.1 Å². The fourth-order valence-corrected chi connectivity index (χ4v) is 3.39. The van der Waals surface area contributed by atoms with Gasteiger partial charge in [0, 0.05) is 29.4 Å². The van der Waals surface area contributed by atoms with E-state index in [4.69, 9.17) is 22.1 Å². The van der Waals surface area contributed by atoms with Gasteiger partial charge in [-0.05, 0) is 56.6 Å². The van der Waals surface area contributed by atoms with Crippen LogP contribution in [0.1, 0.15) is 28.8 Å². The number of carbonyl (C=O) groups excluding carboxylic acids is 1. The third kappa shape index (κ3) is 3.92. The van der Waals surface area contributed by atoms with Crippen LogP contribution in [0.2, 0.25) is 5.02 Å².